The molecular formula is C21H34O2. The third-order valence-corrected chi connectivity index (χ3v) is 9.19. The zero-order valence-electron chi connectivity index (χ0n) is 15.2. The number of carbonyl (C=O) groups excluding carboxylic acids is 1. The van der Waals surface area contributed by atoms with Crippen LogP contribution < -0.4 is 0 Å². The van der Waals surface area contributed by atoms with Crippen molar-refractivity contribution in [2.45, 2.75) is 84.2 Å². The molecule has 4 aliphatic carbocycles. The van der Waals surface area contributed by atoms with Crippen molar-refractivity contribution in [3.8, 4) is 0 Å². The Morgan fingerprint density at radius 3 is 2.35 bits per heavy atom. The molecule has 0 bridgehead atoms. The Bertz CT molecular complexity index is 498. The predicted molar refractivity (Wildman–Crippen MR) is 91.9 cm³/mol. The van der Waals surface area contributed by atoms with E-state index in [1.165, 1.54) is 44.8 Å². The molecule has 23 heavy (non-hydrogen) atoms. The number of rotatable bonds is 1. The van der Waals surface area contributed by atoms with E-state index in [-0.39, 0.29) is 5.41 Å². The Morgan fingerprint density at radius 1 is 0.870 bits per heavy atom. The van der Waals surface area contributed by atoms with Gasteiger partial charge in [-0.3, -0.25) is 0 Å². The van der Waals surface area contributed by atoms with Crippen LogP contribution in [0.15, 0.2) is 0 Å². The summed E-state index contributed by atoms with van der Waals surface area (Å²) in [5.41, 5.74) is 0.286. The second-order valence-electron chi connectivity index (χ2n) is 10.2. The Kier molecular flexibility index (Phi) is 3.55. The van der Waals surface area contributed by atoms with Crippen LogP contribution in [0.3, 0.4) is 0 Å². The molecular weight excluding hydrogens is 284 g/mol. The summed E-state index contributed by atoms with van der Waals surface area (Å²) >= 11 is 0. The second kappa shape index (κ2) is 5.07. The fourth-order valence-corrected chi connectivity index (χ4v) is 7.70. The van der Waals surface area contributed by atoms with E-state index in [1.54, 1.807) is 0 Å². The number of hydrogen-bond acceptors (Lipinski definition) is 2. The highest BCUT2D eigenvalue weighted by molar-refractivity contribution is 5.56. The fourth-order valence-electron chi connectivity index (χ4n) is 7.70. The second-order valence-corrected chi connectivity index (χ2v) is 10.2. The summed E-state index contributed by atoms with van der Waals surface area (Å²) in [4.78, 5) is 11.6. The molecule has 0 aromatic carbocycles. The summed E-state index contributed by atoms with van der Waals surface area (Å²) in [6, 6.07) is 0. The molecule has 4 rings (SSSR count). The maximum Gasteiger partial charge on any atom is 0.123 e. The van der Waals surface area contributed by atoms with Gasteiger partial charge in [0.15, 0.2) is 0 Å². The SMILES string of the molecule is CC12CCC3C(CCC4C[C@](C)(O)CC[C@@]43C)[C@@H]1CC[C@@H]2C=O. The number of hydrogen-bond donors (Lipinski definition) is 1. The Hall–Kier alpha value is -0.370. The van der Waals surface area contributed by atoms with Crippen molar-refractivity contribution >= 4 is 6.29 Å². The quantitative estimate of drug-likeness (QED) is 0.718. The molecule has 4 fully saturated rings. The number of carbonyl (C=O) groups is 1. The Balaban J connectivity index is 1.61. The summed E-state index contributed by atoms with van der Waals surface area (Å²) in [5.74, 6) is 3.46. The maximum absolute atomic E-state index is 11.6. The van der Waals surface area contributed by atoms with Crippen LogP contribution in [-0.4, -0.2) is 17.0 Å². The van der Waals surface area contributed by atoms with E-state index in [1.807, 2.05) is 6.92 Å². The fraction of sp³-hybridized carbons (Fsp3) is 0.952. The van der Waals surface area contributed by atoms with E-state index < -0.39 is 5.60 Å². The monoisotopic (exact) mass is 318 g/mol. The Morgan fingerprint density at radius 2 is 1.61 bits per heavy atom. The lowest BCUT2D eigenvalue weighted by Crippen LogP contribution is -2.55. The van der Waals surface area contributed by atoms with Gasteiger partial charge in [0.1, 0.15) is 6.29 Å². The molecule has 4 unspecified atom stereocenters. The van der Waals surface area contributed by atoms with Crippen LogP contribution in [0, 0.1) is 40.4 Å². The summed E-state index contributed by atoms with van der Waals surface area (Å²) in [7, 11) is 0. The minimum Gasteiger partial charge on any atom is -0.390 e. The molecule has 8 atom stereocenters. The lowest BCUT2D eigenvalue weighted by Gasteiger charge is -2.61. The van der Waals surface area contributed by atoms with Crippen molar-refractivity contribution in [3.63, 3.8) is 0 Å². The lowest BCUT2D eigenvalue weighted by molar-refractivity contribution is -0.147. The normalized spacial score (nSPS) is 58.9. The van der Waals surface area contributed by atoms with Crippen molar-refractivity contribution in [2.75, 3.05) is 0 Å². The standard InChI is InChI=1S/C21H34O2/c1-19(23)10-11-21(3)14(12-19)4-6-16-17-7-5-15(13-22)20(17,2)9-8-18(16)21/h13-18,23H,4-12H2,1-3H3/t14?,15-,16?,17+,18?,19-,20?,21+/m1/s1. The minimum absolute atomic E-state index is 0.284. The van der Waals surface area contributed by atoms with Crippen LogP contribution in [0.25, 0.3) is 0 Å². The first kappa shape index (κ1) is 16.1. The molecule has 0 heterocycles. The van der Waals surface area contributed by atoms with Gasteiger partial charge in [0.05, 0.1) is 5.60 Å². The highest BCUT2D eigenvalue weighted by Gasteiger charge is 2.60. The van der Waals surface area contributed by atoms with Gasteiger partial charge in [0, 0.05) is 5.92 Å². The van der Waals surface area contributed by atoms with Gasteiger partial charge in [-0.25, -0.2) is 0 Å². The molecule has 0 saturated heterocycles. The summed E-state index contributed by atoms with van der Waals surface area (Å²) in [6.45, 7) is 7.00. The van der Waals surface area contributed by atoms with Crippen molar-refractivity contribution in [1.29, 1.82) is 0 Å². The highest BCUT2D eigenvalue weighted by atomic mass is 16.3. The third kappa shape index (κ3) is 2.19. The molecule has 0 amide bonds. The highest BCUT2D eigenvalue weighted by Crippen LogP contribution is 2.67. The number of aliphatic hydroxyl groups is 1. The van der Waals surface area contributed by atoms with Crippen LogP contribution in [0.1, 0.15) is 78.6 Å². The van der Waals surface area contributed by atoms with Crippen LogP contribution in [0.4, 0.5) is 0 Å². The Labute approximate surface area is 141 Å². The molecule has 2 nitrogen and oxygen atoms in total. The van der Waals surface area contributed by atoms with Gasteiger partial charge >= 0.3 is 0 Å². The summed E-state index contributed by atoms with van der Waals surface area (Å²) < 4.78 is 0. The van der Waals surface area contributed by atoms with Crippen LogP contribution in [0.2, 0.25) is 0 Å². The first-order chi connectivity index (χ1) is 10.8. The van der Waals surface area contributed by atoms with E-state index in [4.69, 9.17) is 0 Å². The van der Waals surface area contributed by atoms with Crippen molar-refractivity contribution < 1.29 is 9.90 Å². The van der Waals surface area contributed by atoms with Gasteiger partial charge in [0.25, 0.3) is 0 Å². The first-order valence-corrected chi connectivity index (χ1v) is 9.98. The smallest absolute Gasteiger partial charge is 0.123 e. The molecule has 0 radical (unpaired) electrons. The topological polar surface area (TPSA) is 37.3 Å². The van der Waals surface area contributed by atoms with Gasteiger partial charge < -0.3 is 9.90 Å². The van der Waals surface area contributed by atoms with Crippen molar-refractivity contribution in [2.24, 2.45) is 40.4 Å². The average Bonchev–Trinajstić information content (AvgIpc) is 2.84. The lowest BCUT2D eigenvalue weighted by atomic mass is 9.44. The van der Waals surface area contributed by atoms with Crippen LogP contribution in [0.5, 0.6) is 0 Å². The molecule has 0 aliphatic heterocycles. The van der Waals surface area contributed by atoms with Gasteiger partial charge in [-0.05, 0) is 99.2 Å². The van der Waals surface area contributed by atoms with Gasteiger partial charge in [-0.2, -0.15) is 0 Å². The van der Waals surface area contributed by atoms with E-state index in [0.29, 0.717) is 17.3 Å². The maximum atomic E-state index is 11.6. The third-order valence-electron chi connectivity index (χ3n) is 9.19. The number of aldehydes is 1. The molecule has 2 heteroatoms. The first-order valence-electron chi connectivity index (χ1n) is 9.98. The largest absolute Gasteiger partial charge is 0.390 e. The van der Waals surface area contributed by atoms with Crippen molar-refractivity contribution in [1.82, 2.24) is 0 Å². The van der Waals surface area contributed by atoms with Gasteiger partial charge in [-0.15, -0.1) is 0 Å². The van der Waals surface area contributed by atoms with Crippen molar-refractivity contribution in [3.05, 3.63) is 0 Å². The number of fused-ring (bicyclic) bond motifs is 5. The minimum atomic E-state index is -0.434. The molecule has 4 aliphatic rings. The zero-order chi connectivity index (χ0) is 16.5. The molecule has 4 saturated carbocycles. The molecule has 0 spiro atoms. The molecule has 130 valence electrons. The molecule has 1 N–H and O–H groups in total. The van der Waals surface area contributed by atoms with Gasteiger partial charge in [-0.1, -0.05) is 13.8 Å². The predicted octanol–water partition coefficient (Wildman–Crippen LogP) is 4.60. The van der Waals surface area contributed by atoms with E-state index in [2.05, 4.69) is 13.8 Å². The zero-order valence-corrected chi connectivity index (χ0v) is 15.2. The summed E-state index contributed by atoms with van der Waals surface area (Å²) in [6.07, 6.45) is 12.1. The van der Waals surface area contributed by atoms with Crippen LogP contribution in [-0.2, 0) is 4.79 Å². The van der Waals surface area contributed by atoms with E-state index in [0.717, 1.165) is 37.0 Å². The molecule has 0 aromatic heterocycles. The van der Waals surface area contributed by atoms with Gasteiger partial charge in [0.2, 0.25) is 0 Å². The average molecular weight is 319 g/mol. The summed E-state index contributed by atoms with van der Waals surface area (Å²) in [5, 5.41) is 10.5. The van der Waals surface area contributed by atoms with Crippen LogP contribution >= 0.6 is 0 Å². The molecule has 0 aromatic rings. The van der Waals surface area contributed by atoms with E-state index in [9.17, 15) is 9.90 Å². The van der Waals surface area contributed by atoms with E-state index >= 15 is 0 Å².